The first-order valence-electron chi connectivity index (χ1n) is 11.0. The average molecular weight is 391 g/mol. The molecule has 4 nitrogen and oxygen atoms in total. The summed E-state index contributed by atoms with van der Waals surface area (Å²) in [6.45, 7) is 7.09. The highest BCUT2D eigenvalue weighted by molar-refractivity contribution is 6.02. The number of rotatable bonds is 15. The highest BCUT2D eigenvalue weighted by Crippen LogP contribution is 2.31. The molecule has 2 atom stereocenters. The molecule has 158 valence electrons. The summed E-state index contributed by atoms with van der Waals surface area (Å²) in [5.41, 5.74) is 0.125. The van der Waals surface area contributed by atoms with Crippen LogP contribution in [0.15, 0.2) is 24.3 Å². The van der Waals surface area contributed by atoms with Gasteiger partial charge in [0.15, 0.2) is 0 Å². The highest BCUT2D eigenvalue weighted by Gasteiger charge is 2.21. The minimum Gasteiger partial charge on any atom is -0.478 e. The van der Waals surface area contributed by atoms with E-state index in [2.05, 4.69) is 20.8 Å². The number of ether oxygens (including phenoxy) is 1. The number of unbranched alkanes of at least 4 members (excludes halogenated alkanes) is 2. The predicted molar refractivity (Wildman–Crippen MR) is 114 cm³/mol. The third kappa shape index (κ3) is 8.45. The number of carbonyl (C=O) groups is 2. The highest BCUT2D eigenvalue weighted by atomic mass is 16.5. The quantitative estimate of drug-likeness (QED) is 0.266. The van der Waals surface area contributed by atoms with Gasteiger partial charge in [-0.15, -0.1) is 0 Å². The monoisotopic (exact) mass is 390 g/mol. The Labute approximate surface area is 170 Å². The van der Waals surface area contributed by atoms with Gasteiger partial charge in [-0.05, 0) is 36.8 Å². The third-order valence-electron chi connectivity index (χ3n) is 5.51. The van der Waals surface area contributed by atoms with E-state index in [0.717, 1.165) is 18.8 Å². The summed E-state index contributed by atoms with van der Waals surface area (Å²) in [7, 11) is 0. The van der Waals surface area contributed by atoms with Crippen molar-refractivity contribution in [2.24, 2.45) is 11.8 Å². The van der Waals surface area contributed by atoms with Crippen LogP contribution in [0.4, 0.5) is 0 Å². The van der Waals surface area contributed by atoms with E-state index in [0.29, 0.717) is 12.5 Å². The zero-order chi connectivity index (χ0) is 20.8. The molecule has 1 aromatic carbocycles. The molecule has 0 saturated heterocycles. The first kappa shape index (κ1) is 24.2. The van der Waals surface area contributed by atoms with Crippen LogP contribution in [0.1, 0.15) is 106 Å². The Morgan fingerprint density at radius 1 is 0.821 bits per heavy atom. The first-order valence-corrected chi connectivity index (χ1v) is 11.0. The van der Waals surface area contributed by atoms with Crippen LogP contribution in [0.2, 0.25) is 0 Å². The number of carboxylic acid groups (broad SMARTS) is 1. The molecule has 2 unspecified atom stereocenters. The molecule has 0 aromatic heterocycles. The Bertz CT molecular complexity index is 582. The maximum absolute atomic E-state index is 12.3. The van der Waals surface area contributed by atoms with Gasteiger partial charge >= 0.3 is 11.9 Å². The summed E-state index contributed by atoms with van der Waals surface area (Å²) in [6.07, 6.45) is 11.9. The molecule has 1 rings (SSSR count). The summed E-state index contributed by atoms with van der Waals surface area (Å²) >= 11 is 0. The average Bonchev–Trinajstić information content (AvgIpc) is 2.70. The number of aromatic carboxylic acids is 1. The zero-order valence-corrected chi connectivity index (χ0v) is 17.9. The third-order valence-corrected chi connectivity index (χ3v) is 5.51. The second-order valence-electron chi connectivity index (χ2n) is 7.72. The summed E-state index contributed by atoms with van der Waals surface area (Å²) < 4.78 is 5.39. The Morgan fingerprint density at radius 2 is 1.36 bits per heavy atom. The molecule has 0 spiro atoms. The van der Waals surface area contributed by atoms with Gasteiger partial charge in [-0.25, -0.2) is 9.59 Å². The van der Waals surface area contributed by atoms with Crippen LogP contribution in [0.25, 0.3) is 0 Å². The van der Waals surface area contributed by atoms with E-state index < -0.39 is 11.9 Å². The second kappa shape index (κ2) is 14.2. The van der Waals surface area contributed by atoms with Gasteiger partial charge in [-0.1, -0.05) is 84.3 Å². The Balaban J connectivity index is 2.58. The van der Waals surface area contributed by atoms with Gasteiger partial charge in [-0.3, -0.25) is 0 Å². The number of hydrogen-bond acceptors (Lipinski definition) is 3. The van der Waals surface area contributed by atoms with Crippen LogP contribution >= 0.6 is 0 Å². The fraction of sp³-hybridized carbons (Fsp3) is 0.667. The van der Waals surface area contributed by atoms with Crippen molar-refractivity contribution >= 4 is 11.9 Å². The van der Waals surface area contributed by atoms with Gasteiger partial charge in [0, 0.05) is 0 Å². The molecule has 0 bridgehead atoms. The van der Waals surface area contributed by atoms with Crippen molar-refractivity contribution in [2.75, 3.05) is 6.61 Å². The number of benzene rings is 1. The van der Waals surface area contributed by atoms with Crippen LogP contribution in [-0.4, -0.2) is 23.7 Å². The van der Waals surface area contributed by atoms with E-state index in [1.54, 1.807) is 12.1 Å². The molecule has 0 radical (unpaired) electrons. The van der Waals surface area contributed by atoms with E-state index in [4.69, 9.17) is 4.74 Å². The SMILES string of the molecule is CCCCC(CCC)C(CCCC)CCCOC(=O)c1ccccc1C(=O)O. The lowest BCUT2D eigenvalue weighted by Gasteiger charge is -2.27. The van der Waals surface area contributed by atoms with Crippen LogP contribution < -0.4 is 0 Å². The number of esters is 1. The molecule has 0 aliphatic carbocycles. The van der Waals surface area contributed by atoms with E-state index in [9.17, 15) is 14.7 Å². The minimum absolute atomic E-state index is 0.00380. The van der Waals surface area contributed by atoms with Crippen molar-refractivity contribution < 1.29 is 19.4 Å². The van der Waals surface area contributed by atoms with Gasteiger partial charge in [0.2, 0.25) is 0 Å². The standard InChI is InChI=1S/C24H38O4/c1-4-7-13-19(12-6-3)20(14-8-5-2)15-11-18-28-24(27)22-17-10-9-16-21(22)23(25)26/h9-10,16-17,19-20H,4-8,11-15,18H2,1-3H3,(H,25,26). The normalized spacial score (nSPS) is 13.1. The van der Waals surface area contributed by atoms with Crippen molar-refractivity contribution in [3.63, 3.8) is 0 Å². The lowest BCUT2D eigenvalue weighted by molar-refractivity contribution is 0.0478. The summed E-state index contributed by atoms with van der Waals surface area (Å²) in [5.74, 6) is -0.193. The van der Waals surface area contributed by atoms with Crippen LogP contribution in [0.3, 0.4) is 0 Å². The van der Waals surface area contributed by atoms with E-state index >= 15 is 0 Å². The maximum Gasteiger partial charge on any atom is 0.339 e. The summed E-state index contributed by atoms with van der Waals surface area (Å²) in [6, 6.07) is 6.22. The topological polar surface area (TPSA) is 63.6 Å². The molecular weight excluding hydrogens is 352 g/mol. The Morgan fingerprint density at radius 3 is 1.89 bits per heavy atom. The second-order valence-corrected chi connectivity index (χ2v) is 7.72. The molecule has 0 aliphatic rings. The largest absolute Gasteiger partial charge is 0.478 e. The van der Waals surface area contributed by atoms with Gasteiger partial charge in [0.05, 0.1) is 17.7 Å². The zero-order valence-electron chi connectivity index (χ0n) is 17.9. The Kier molecular flexibility index (Phi) is 12.3. The molecule has 1 N–H and O–H groups in total. The summed E-state index contributed by atoms with van der Waals surface area (Å²) in [4.78, 5) is 23.5. The van der Waals surface area contributed by atoms with Crippen LogP contribution in [0, 0.1) is 11.8 Å². The molecule has 0 aliphatic heterocycles. The molecule has 4 heteroatoms. The van der Waals surface area contributed by atoms with E-state index in [1.165, 1.54) is 63.5 Å². The maximum atomic E-state index is 12.3. The first-order chi connectivity index (χ1) is 13.5. The van der Waals surface area contributed by atoms with Gasteiger partial charge in [-0.2, -0.15) is 0 Å². The minimum atomic E-state index is -1.11. The molecule has 0 fully saturated rings. The van der Waals surface area contributed by atoms with Crippen LogP contribution in [-0.2, 0) is 4.74 Å². The fourth-order valence-electron chi connectivity index (χ4n) is 3.97. The van der Waals surface area contributed by atoms with E-state index in [-0.39, 0.29) is 11.1 Å². The van der Waals surface area contributed by atoms with Crippen molar-refractivity contribution in [1.29, 1.82) is 0 Å². The van der Waals surface area contributed by atoms with Crippen LogP contribution in [0.5, 0.6) is 0 Å². The smallest absolute Gasteiger partial charge is 0.339 e. The van der Waals surface area contributed by atoms with Crippen molar-refractivity contribution in [3.05, 3.63) is 35.4 Å². The summed E-state index contributed by atoms with van der Waals surface area (Å²) in [5, 5.41) is 9.22. The molecule has 1 aromatic rings. The van der Waals surface area contributed by atoms with Gasteiger partial charge < -0.3 is 9.84 Å². The van der Waals surface area contributed by atoms with E-state index in [1.807, 2.05) is 0 Å². The molecule has 28 heavy (non-hydrogen) atoms. The van der Waals surface area contributed by atoms with Gasteiger partial charge in [0.1, 0.15) is 0 Å². The predicted octanol–water partition coefficient (Wildman–Crippen LogP) is 6.73. The van der Waals surface area contributed by atoms with Crippen molar-refractivity contribution in [3.8, 4) is 0 Å². The lowest BCUT2D eigenvalue weighted by atomic mass is 9.79. The number of carbonyl (C=O) groups excluding carboxylic acids is 1. The fourth-order valence-corrected chi connectivity index (χ4v) is 3.97. The Hall–Kier alpha value is -1.84. The van der Waals surface area contributed by atoms with Crippen molar-refractivity contribution in [1.82, 2.24) is 0 Å². The number of carboxylic acids is 1. The van der Waals surface area contributed by atoms with Gasteiger partial charge in [0.25, 0.3) is 0 Å². The molecular formula is C24H38O4. The number of hydrogen-bond donors (Lipinski definition) is 1. The lowest BCUT2D eigenvalue weighted by Crippen LogP contribution is -2.17. The van der Waals surface area contributed by atoms with Crippen molar-refractivity contribution in [2.45, 2.75) is 85.0 Å². The molecule has 0 saturated carbocycles. The molecule has 0 amide bonds. The molecule has 0 heterocycles.